The third-order valence-electron chi connectivity index (χ3n) is 4.63. The second kappa shape index (κ2) is 5.60. The minimum Gasteiger partial charge on any atom is -0.359 e. The van der Waals surface area contributed by atoms with Crippen LogP contribution >= 0.6 is 11.3 Å². The summed E-state index contributed by atoms with van der Waals surface area (Å²) in [6.45, 7) is 3.00. The third kappa shape index (κ3) is 2.61. The third-order valence-corrected chi connectivity index (χ3v) is 5.68. The number of carbonyl (C=O) groups excluding carboxylic acids is 1. The summed E-state index contributed by atoms with van der Waals surface area (Å²) in [6, 6.07) is 3.88. The van der Waals surface area contributed by atoms with Gasteiger partial charge < -0.3 is 10.2 Å². The van der Waals surface area contributed by atoms with Crippen molar-refractivity contribution < 1.29 is 4.79 Å². The molecule has 0 radical (unpaired) electrons. The van der Waals surface area contributed by atoms with Crippen LogP contribution in [0.4, 0.5) is 5.82 Å². The van der Waals surface area contributed by atoms with Gasteiger partial charge in [-0.2, -0.15) is 0 Å². The number of anilines is 1. The number of nitrogens with zero attached hydrogens (tertiary/aromatic N) is 3. The SMILES string of the molecule is Cc1nc2c(s1)CCCC2NC(=O)c1ccc2c(n1)N(C)CC2. The molecule has 23 heavy (non-hydrogen) atoms. The van der Waals surface area contributed by atoms with Crippen LogP contribution in [0.15, 0.2) is 12.1 Å². The van der Waals surface area contributed by atoms with Crippen molar-refractivity contribution in [3.05, 3.63) is 39.0 Å². The Morgan fingerprint density at radius 3 is 3.09 bits per heavy atom. The van der Waals surface area contributed by atoms with Crippen LogP contribution in [0.1, 0.15) is 50.5 Å². The van der Waals surface area contributed by atoms with E-state index in [-0.39, 0.29) is 11.9 Å². The minimum absolute atomic E-state index is 0.0176. The van der Waals surface area contributed by atoms with Gasteiger partial charge in [-0.3, -0.25) is 4.79 Å². The Morgan fingerprint density at radius 2 is 2.22 bits per heavy atom. The number of aryl methyl sites for hydroxylation is 2. The molecule has 1 amide bonds. The highest BCUT2D eigenvalue weighted by Gasteiger charge is 2.27. The van der Waals surface area contributed by atoms with E-state index in [0.717, 1.165) is 48.7 Å². The molecule has 0 fully saturated rings. The Hall–Kier alpha value is -1.95. The zero-order valence-corrected chi connectivity index (χ0v) is 14.2. The molecule has 0 aromatic carbocycles. The van der Waals surface area contributed by atoms with Crippen molar-refractivity contribution in [1.29, 1.82) is 0 Å². The van der Waals surface area contributed by atoms with Gasteiger partial charge in [0.05, 0.1) is 16.7 Å². The van der Waals surface area contributed by atoms with Gasteiger partial charge in [0.2, 0.25) is 0 Å². The first-order valence-electron chi connectivity index (χ1n) is 8.10. The van der Waals surface area contributed by atoms with Crippen LogP contribution in [-0.2, 0) is 12.8 Å². The van der Waals surface area contributed by atoms with Crippen molar-refractivity contribution in [2.45, 2.75) is 38.6 Å². The molecule has 2 aromatic rings. The van der Waals surface area contributed by atoms with Gasteiger partial charge in [-0.15, -0.1) is 11.3 Å². The molecule has 1 N–H and O–H groups in total. The zero-order chi connectivity index (χ0) is 16.0. The lowest BCUT2D eigenvalue weighted by Crippen LogP contribution is -2.31. The van der Waals surface area contributed by atoms with Crippen LogP contribution in [-0.4, -0.2) is 29.5 Å². The molecule has 120 valence electrons. The Bertz CT molecular complexity index is 770. The monoisotopic (exact) mass is 328 g/mol. The largest absolute Gasteiger partial charge is 0.359 e. The van der Waals surface area contributed by atoms with Gasteiger partial charge in [0.15, 0.2) is 0 Å². The van der Waals surface area contributed by atoms with Crippen molar-refractivity contribution in [2.75, 3.05) is 18.5 Å². The highest BCUT2D eigenvalue weighted by atomic mass is 32.1. The fourth-order valence-corrected chi connectivity index (χ4v) is 4.48. The summed E-state index contributed by atoms with van der Waals surface area (Å²) < 4.78 is 0. The molecule has 3 heterocycles. The standard InChI is InChI=1S/C17H20N4OS/c1-10-18-15-12(4-3-5-14(15)23-10)20-17(22)13-7-6-11-8-9-21(2)16(11)19-13/h6-7,12H,3-5,8-9H2,1-2H3,(H,20,22). The van der Waals surface area contributed by atoms with E-state index in [9.17, 15) is 4.79 Å². The Morgan fingerprint density at radius 1 is 1.35 bits per heavy atom. The van der Waals surface area contributed by atoms with Crippen molar-refractivity contribution in [3.8, 4) is 0 Å². The van der Waals surface area contributed by atoms with Crippen molar-refractivity contribution in [1.82, 2.24) is 15.3 Å². The average Bonchev–Trinajstić information content (AvgIpc) is 3.10. The molecule has 2 aliphatic rings. The predicted octanol–water partition coefficient (Wildman–Crippen LogP) is 2.65. The number of carbonyl (C=O) groups is 1. The molecule has 5 nitrogen and oxygen atoms in total. The molecule has 6 heteroatoms. The summed E-state index contributed by atoms with van der Waals surface area (Å²) >= 11 is 1.75. The van der Waals surface area contributed by atoms with E-state index in [1.165, 1.54) is 10.4 Å². The van der Waals surface area contributed by atoms with Gasteiger partial charge in [-0.05, 0) is 44.2 Å². The van der Waals surface area contributed by atoms with Crippen molar-refractivity contribution in [3.63, 3.8) is 0 Å². The van der Waals surface area contributed by atoms with Gasteiger partial charge in [0, 0.05) is 18.5 Å². The molecule has 0 spiro atoms. The number of aromatic nitrogens is 2. The maximum atomic E-state index is 12.6. The maximum absolute atomic E-state index is 12.6. The first-order valence-corrected chi connectivity index (χ1v) is 8.91. The summed E-state index contributed by atoms with van der Waals surface area (Å²) in [6.07, 6.45) is 4.13. The van der Waals surface area contributed by atoms with Crippen molar-refractivity contribution >= 4 is 23.1 Å². The number of rotatable bonds is 2. The number of amides is 1. The van der Waals surface area contributed by atoms with Crippen LogP contribution in [0.25, 0.3) is 0 Å². The lowest BCUT2D eigenvalue weighted by Gasteiger charge is -2.22. The van der Waals surface area contributed by atoms with E-state index in [1.54, 1.807) is 11.3 Å². The summed E-state index contributed by atoms with van der Waals surface area (Å²) in [4.78, 5) is 25.2. The van der Waals surface area contributed by atoms with E-state index in [1.807, 2.05) is 26.1 Å². The lowest BCUT2D eigenvalue weighted by atomic mass is 9.97. The number of nitrogens with one attached hydrogen (secondary N) is 1. The lowest BCUT2D eigenvalue weighted by molar-refractivity contribution is 0.0927. The van der Waals surface area contributed by atoms with Gasteiger partial charge in [-0.1, -0.05) is 6.07 Å². The molecular formula is C17H20N4OS. The van der Waals surface area contributed by atoms with E-state index >= 15 is 0 Å². The highest BCUT2D eigenvalue weighted by molar-refractivity contribution is 7.11. The number of thiazole rings is 1. The maximum Gasteiger partial charge on any atom is 0.270 e. The van der Waals surface area contributed by atoms with E-state index in [0.29, 0.717) is 5.69 Å². The van der Waals surface area contributed by atoms with Gasteiger partial charge >= 0.3 is 0 Å². The smallest absolute Gasteiger partial charge is 0.270 e. The number of hydrogen-bond donors (Lipinski definition) is 1. The molecule has 2 aromatic heterocycles. The van der Waals surface area contributed by atoms with Crippen LogP contribution in [0.2, 0.25) is 0 Å². The first kappa shape index (κ1) is 14.6. The van der Waals surface area contributed by atoms with Gasteiger partial charge in [-0.25, -0.2) is 9.97 Å². The molecule has 1 aliphatic carbocycles. The average molecular weight is 328 g/mol. The molecule has 1 atom stereocenters. The molecule has 0 saturated carbocycles. The molecule has 0 bridgehead atoms. The number of likely N-dealkylation sites (N-methyl/N-ethyl adjacent to an activating group) is 1. The fourth-order valence-electron chi connectivity index (χ4n) is 3.44. The van der Waals surface area contributed by atoms with Gasteiger partial charge in [0.25, 0.3) is 5.91 Å². The van der Waals surface area contributed by atoms with Crippen molar-refractivity contribution in [2.24, 2.45) is 0 Å². The first-order chi connectivity index (χ1) is 11.1. The van der Waals surface area contributed by atoms with Crippen LogP contribution < -0.4 is 10.2 Å². The van der Waals surface area contributed by atoms with Gasteiger partial charge in [0.1, 0.15) is 11.5 Å². The number of fused-ring (bicyclic) bond motifs is 2. The van der Waals surface area contributed by atoms with Crippen LogP contribution in [0.3, 0.4) is 0 Å². The Balaban J connectivity index is 1.56. The normalized spacial score (nSPS) is 19.4. The minimum atomic E-state index is -0.100. The Labute approximate surface area is 139 Å². The van der Waals surface area contributed by atoms with Crippen LogP contribution in [0, 0.1) is 6.92 Å². The predicted molar refractivity (Wildman–Crippen MR) is 91.2 cm³/mol. The molecule has 1 unspecified atom stereocenters. The van der Waals surface area contributed by atoms with E-state index in [4.69, 9.17) is 0 Å². The highest BCUT2D eigenvalue weighted by Crippen LogP contribution is 2.33. The quantitative estimate of drug-likeness (QED) is 0.921. The second-order valence-corrected chi connectivity index (χ2v) is 7.60. The summed E-state index contributed by atoms with van der Waals surface area (Å²) in [7, 11) is 2.02. The number of pyridine rings is 1. The number of hydrogen-bond acceptors (Lipinski definition) is 5. The summed E-state index contributed by atoms with van der Waals surface area (Å²) in [5.41, 5.74) is 2.78. The molecule has 0 saturated heterocycles. The van der Waals surface area contributed by atoms with Crippen LogP contribution in [0.5, 0.6) is 0 Å². The summed E-state index contributed by atoms with van der Waals surface area (Å²) in [5.74, 6) is 0.836. The molecule has 4 rings (SSSR count). The topological polar surface area (TPSA) is 58.1 Å². The zero-order valence-electron chi connectivity index (χ0n) is 13.4. The molecular weight excluding hydrogens is 308 g/mol. The van der Waals surface area contributed by atoms with E-state index in [2.05, 4.69) is 20.2 Å². The van der Waals surface area contributed by atoms with E-state index < -0.39 is 0 Å². The Kier molecular flexibility index (Phi) is 3.56. The summed E-state index contributed by atoms with van der Waals surface area (Å²) in [5, 5.41) is 4.21. The molecule has 1 aliphatic heterocycles. The second-order valence-electron chi connectivity index (χ2n) is 6.31. The fraction of sp³-hybridized carbons (Fsp3) is 0.471.